The van der Waals surface area contributed by atoms with E-state index in [1.54, 1.807) is 6.07 Å². The van der Waals surface area contributed by atoms with Crippen LogP contribution in [0.4, 0.5) is 0 Å². The molecule has 26 heavy (non-hydrogen) atoms. The van der Waals surface area contributed by atoms with E-state index in [0.717, 1.165) is 53.5 Å². The van der Waals surface area contributed by atoms with Crippen molar-refractivity contribution in [3.05, 3.63) is 61.2 Å². The molecule has 0 saturated heterocycles. The summed E-state index contributed by atoms with van der Waals surface area (Å²) in [4.78, 5) is 22.8. The highest BCUT2D eigenvalue weighted by Gasteiger charge is 2.24. The van der Waals surface area contributed by atoms with E-state index in [-0.39, 0.29) is 5.56 Å². The van der Waals surface area contributed by atoms with Gasteiger partial charge in [0.15, 0.2) is 0 Å². The molecular weight excluding hydrogens is 369 g/mol. The Hall–Kier alpha value is -1.36. The molecule has 0 atom stereocenters. The van der Waals surface area contributed by atoms with Gasteiger partial charge in [-0.15, -0.1) is 0 Å². The molecule has 1 aromatic heterocycles. The van der Waals surface area contributed by atoms with Gasteiger partial charge >= 0.3 is 0 Å². The molecule has 0 spiro atoms. The summed E-state index contributed by atoms with van der Waals surface area (Å²) in [5.74, 6) is 1.29. The van der Waals surface area contributed by atoms with Crippen LogP contribution in [0.3, 0.4) is 0 Å². The summed E-state index contributed by atoms with van der Waals surface area (Å²) in [6.45, 7) is 2.22. The van der Waals surface area contributed by atoms with Crippen molar-refractivity contribution < 1.29 is 0 Å². The van der Waals surface area contributed by atoms with E-state index in [9.17, 15) is 4.79 Å². The number of hydrogen-bond acceptors (Lipinski definition) is 3. The first-order valence-electron chi connectivity index (χ1n) is 9.38. The second-order valence-corrected chi connectivity index (χ2v) is 8.25. The summed E-state index contributed by atoms with van der Waals surface area (Å²) >= 11 is 12.4. The lowest BCUT2D eigenvalue weighted by Crippen LogP contribution is -2.35. The number of fused-ring (bicyclic) bond motifs is 1. The number of aromatic amines is 1. The molecule has 4 nitrogen and oxygen atoms in total. The highest BCUT2D eigenvalue weighted by Crippen LogP contribution is 2.31. The molecule has 138 valence electrons. The summed E-state index contributed by atoms with van der Waals surface area (Å²) < 4.78 is 0. The molecule has 1 aliphatic heterocycles. The zero-order chi connectivity index (χ0) is 18.1. The summed E-state index contributed by atoms with van der Waals surface area (Å²) in [5.41, 5.74) is 2.84. The molecule has 4 rings (SSSR count). The van der Waals surface area contributed by atoms with Crippen LogP contribution in [-0.4, -0.2) is 21.4 Å². The first-order valence-corrected chi connectivity index (χ1v) is 10.1. The van der Waals surface area contributed by atoms with Gasteiger partial charge < -0.3 is 4.98 Å². The number of hydrogen-bond donors (Lipinski definition) is 1. The van der Waals surface area contributed by atoms with Gasteiger partial charge in [0.05, 0.1) is 5.69 Å². The second-order valence-electron chi connectivity index (χ2n) is 7.41. The Bertz CT molecular complexity index is 859. The van der Waals surface area contributed by atoms with Crippen molar-refractivity contribution in [1.82, 2.24) is 14.9 Å². The van der Waals surface area contributed by atoms with E-state index in [0.29, 0.717) is 24.0 Å². The smallest absolute Gasteiger partial charge is 0.254 e. The van der Waals surface area contributed by atoms with Crippen molar-refractivity contribution in [2.45, 2.75) is 57.5 Å². The average Bonchev–Trinajstić information content (AvgIpc) is 2.65. The fourth-order valence-corrected chi connectivity index (χ4v) is 4.49. The fraction of sp³-hybridized carbons (Fsp3) is 0.500. The van der Waals surface area contributed by atoms with Crippen LogP contribution in [-0.2, 0) is 19.5 Å². The molecule has 2 aliphatic rings. The van der Waals surface area contributed by atoms with Gasteiger partial charge in [-0.3, -0.25) is 9.69 Å². The molecule has 6 heteroatoms. The lowest BCUT2D eigenvalue weighted by molar-refractivity contribution is 0.239. The van der Waals surface area contributed by atoms with Crippen LogP contribution in [0, 0.1) is 0 Å². The first kappa shape index (κ1) is 18.0. The Kier molecular flexibility index (Phi) is 5.35. The maximum absolute atomic E-state index is 12.5. The van der Waals surface area contributed by atoms with Crippen LogP contribution < -0.4 is 5.56 Å². The van der Waals surface area contributed by atoms with Crippen molar-refractivity contribution in [3.8, 4) is 0 Å². The lowest BCUT2D eigenvalue weighted by Gasteiger charge is -2.29. The fourth-order valence-electron chi connectivity index (χ4n) is 4.12. The van der Waals surface area contributed by atoms with Crippen LogP contribution in [0.1, 0.15) is 60.7 Å². The first-order chi connectivity index (χ1) is 12.6. The highest BCUT2D eigenvalue weighted by atomic mass is 35.5. The summed E-state index contributed by atoms with van der Waals surface area (Å²) in [6.07, 6.45) is 6.73. The van der Waals surface area contributed by atoms with E-state index < -0.39 is 0 Å². The molecule has 0 unspecified atom stereocenters. The molecule has 1 aromatic carbocycles. The number of H-pyrrole nitrogens is 1. The summed E-state index contributed by atoms with van der Waals surface area (Å²) in [5, 5.41) is 1.41. The minimum absolute atomic E-state index is 0.0519. The number of rotatable bonds is 3. The topological polar surface area (TPSA) is 49.0 Å². The predicted octanol–water partition coefficient (Wildman–Crippen LogP) is 4.68. The van der Waals surface area contributed by atoms with Gasteiger partial charge in [0, 0.05) is 41.2 Å². The summed E-state index contributed by atoms with van der Waals surface area (Å²) in [7, 11) is 0. The predicted molar refractivity (Wildman–Crippen MR) is 105 cm³/mol. The van der Waals surface area contributed by atoms with E-state index in [4.69, 9.17) is 28.2 Å². The van der Waals surface area contributed by atoms with Crippen molar-refractivity contribution in [1.29, 1.82) is 0 Å². The Balaban J connectivity index is 1.56. The Morgan fingerprint density at radius 1 is 1.19 bits per heavy atom. The van der Waals surface area contributed by atoms with E-state index in [1.165, 1.54) is 19.3 Å². The minimum atomic E-state index is 0.0519. The molecule has 1 N–H and O–H groups in total. The molecule has 2 aromatic rings. The maximum atomic E-state index is 12.5. The largest absolute Gasteiger partial charge is 0.310 e. The Labute approximate surface area is 163 Å². The van der Waals surface area contributed by atoms with Crippen LogP contribution >= 0.6 is 23.2 Å². The van der Waals surface area contributed by atoms with Gasteiger partial charge in [-0.2, -0.15) is 0 Å². The normalized spacial score (nSPS) is 18.7. The molecule has 0 radical (unpaired) electrons. The third kappa shape index (κ3) is 3.83. The second kappa shape index (κ2) is 7.71. The maximum Gasteiger partial charge on any atom is 0.254 e. The zero-order valence-electron chi connectivity index (χ0n) is 14.7. The number of nitrogens with one attached hydrogen (secondary N) is 1. The summed E-state index contributed by atoms with van der Waals surface area (Å²) in [6, 6.07) is 5.55. The third-order valence-corrected chi connectivity index (χ3v) is 6.17. The number of benzene rings is 1. The quantitative estimate of drug-likeness (QED) is 0.825. The van der Waals surface area contributed by atoms with E-state index in [2.05, 4.69) is 9.88 Å². The van der Waals surface area contributed by atoms with Crippen LogP contribution in [0.5, 0.6) is 0 Å². The van der Waals surface area contributed by atoms with Crippen LogP contribution in [0.2, 0.25) is 10.0 Å². The Morgan fingerprint density at radius 2 is 2.00 bits per heavy atom. The van der Waals surface area contributed by atoms with Crippen molar-refractivity contribution in [2.24, 2.45) is 0 Å². The molecule has 1 aliphatic carbocycles. The number of aromatic nitrogens is 2. The lowest BCUT2D eigenvalue weighted by atomic mass is 9.88. The van der Waals surface area contributed by atoms with E-state index >= 15 is 0 Å². The molecule has 1 saturated carbocycles. The van der Waals surface area contributed by atoms with Crippen LogP contribution in [0.25, 0.3) is 0 Å². The number of nitrogens with zero attached hydrogens (tertiary/aromatic N) is 2. The van der Waals surface area contributed by atoms with E-state index in [1.807, 2.05) is 12.1 Å². The number of halogens is 2. The van der Waals surface area contributed by atoms with Gasteiger partial charge in [-0.1, -0.05) is 42.5 Å². The zero-order valence-corrected chi connectivity index (χ0v) is 16.2. The molecule has 0 amide bonds. The molecule has 1 fully saturated rings. The van der Waals surface area contributed by atoms with Crippen molar-refractivity contribution in [2.75, 3.05) is 6.54 Å². The standard InChI is InChI=1S/C20H23Cl2N3O/c21-15-6-7-17(22)14(10-15)11-25-9-8-16-18(12-25)23-19(24-20(16)26)13-4-2-1-3-5-13/h6-7,10,13H,1-5,8-9,11-12H2,(H,23,24,26). The van der Waals surface area contributed by atoms with Gasteiger partial charge in [-0.05, 0) is 43.0 Å². The molecule has 0 bridgehead atoms. The Morgan fingerprint density at radius 3 is 2.81 bits per heavy atom. The molecular formula is C20H23Cl2N3O. The molecule has 2 heterocycles. The minimum Gasteiger partial charge on any atom is -0.310 e. The highest BCUT2D eigenvalue weighted by molar-refractivity contribution is 6.33. The van der Waals surface area contributed by atoms with Crippen molar-refractivity contribution >= 4 is 23.2 Å². The van der Waals surface area contributed by atoms with Gasteiger partial charge in [-0.25, -0.2) is 4.98 Å². The monoisotopic (exact) mass is 391 g/mol. The average molecular weight is 392 g/mol. The van der Waals surface area contributed by atoms with Gasteiger partial charge in [0.25, 0.3) is 5.56 Å². The SMILES string of the molecule is O=c1[nH]c(C2CCCCC2)nc2c1CCN(Cc1cc(Cl)ccc1Cl)C2. The van der Waals surface area contributed by atoms with Gasteiger partial charge in [0.2, 0.25) is 0 Å². The third-order valence-electron chi connectivity index (χ3n) is 5.56. The van der Waals surface area contributed by atoms with Crippen LogP contribution in [0.15, 0.2) is 23.0 Å². The van der Waals surface area contributed by atoms with Gasteiger partial charge in [0.1, 0.15) is 5.82 Å². The van der Waals surface area contributed by atoms with Crippen molar-refractivity contribution in [3.63, 3.8) is 0 Å².